The molecule has 4 heteroatoms. The van der Waals surface area contributed by atoms with Crippen LogP contribution >= 0.6 is 23.2 Å². The summed E-state index contributed by atoms with van der Waals surface area (Å²) in [6, 6.07) is 7.90. The minimum Gasteiger partial charge on any atom is -0.380 e. The molecule has 2 atom stereocenters. The zero-order valence-corrected chi connectivity index (χ0v) is 10.9. The van der Waals surface area contributed by atoms with Crippen molar-refractivity contribution >= 4 is 28.9 Å². The van der Waals surface area contributed by atoms with Crippen molar-refractivity contribution in [3.63, 3.8) is 0 Å². The van der Waals surface area contributed by atoms with Gasteiger partial charge in [-0.2, -0.15) is 5.26 Å². The van der Waals surface area contributed by atoms with Gasteiger partial charge in [-0.1, -0.05) is 36.0 Å². The highest BCUT2D eigenvalue weighted by Crippen LogP contribution is 2.31. The largest absolute Gasteiger partial charge is 0.380 e. The van der Waals surface area contributed by atoms with Gasteiger partial charge in [0.2, 0.25) is 0 Å². The highest BCUT2D eigenvalue weighted by Gasteiger charge is 2.25. The molecule has 0 saturated heterocycles. The standard InChI is InChI=1S/C13H14Cl2N2/c14-10-5-6-11(15)13(7-10)17-12-4-2-1-3-9(12)8-16/h5-7,9,12,17H,1-4H2. The average Bonchev–Trinajstić information content (AvgIpc) is 2.34. The summed E-state index contributed by atoms with van der Waals surface area (Å²) in [5, 5.41) is 13.8. The van der Waals surface area contributed by atoms with Crippen molar-refractivity contribution < 1.29 is 0 Å². The molecule has 1 aromatic rings. The van der Waals surface area contributed by atoms with Crippen LogP contribution in [0, 0.1) is 17.2 Å². The Morgan fingerprint density at radius 3 is 2.76 bits per heavy atom. The summed E-state index contributed by atoms with van der Waals surface area (Å²) in [6.45, 7) is 0. The molecule has 2 rings (SSSR count). The average molecular weight is 269 g/mol. The van der Waals surface area contributed by atoms with Gasteiger partial charge in [-0.3, -0.25) is 0 Å². The first-order valence-corrected chi connectivity index (χ1v) is 6.57. The van der Waals surface area contributed by atoms with E-state index in [0.717, 1.165) is 31.4 Å². The van der Waals surface area contributed by atoms with Crippen molar-refractivity contribution in [1.82, 2.24) is 0 Å². The fourth-order valence-corrected chi connectivity index (χ4v) is 2.61. The molecular weight excluding hydrogens is 255 g/mol. The van der Waals surface area contributed by atoms with Crippen LogP contribution in [0.4, 0.5) is 5.69 Å². The van der Waals surface area contributed by atoms with E-state index in [9.17, 15) is 0 Å². The van der Waals surface area contributed by atoms with Crippen LogP contribution in [0.15, 0.2) is 18.2 Å². The summed E-state index contributed by atoms with van der Waals surface area (Å²) >= 11 is 12.0. The Bertz CT molecular complexity index is 440. The smallest absolute Gasteiger partial charge is 0.0677 e. The second kappa shape index (κ2) is 5.62. The monoisotopic (exact) mass is 268 g/mol. The van der Waals surface area contributed by atoms with Crippen molar-refractivity contribution in [3.05, 3.63) is 28.2 Å². The number of rotatable bonds is 2. The summed E-state index contributed by atoms with van der Waals surface area (Å²) in [4.78, 5) is 0. The van der Waals surface area contributed by atoms with Gasteiger partial charge >= 0.3 is 0 Å². The van der Waals surface area contributed by atoms with Crippen LogP contribution in [-0.2, 0) is 0 Å². The maximum Gasteiger partial charge on any atom is 0.0677 e. The Balaban J connectivity index is 2.14. The molecule has 1 N–H and O–H groups in total. The van der Waals surface area contributed by atoms with E-state index < -0.39 is 0 Å². The lowest BCUT2D eigenvalue weighted by molar-refractivity contribution is 0.389. The SMILES string of the molecule is N#CC1CCCCC1Nc1cc(Cl)ccc1Cl. The predicted molar refractivity (Wildman–Crippen MR) is 71.4 cm³/mol. The number of anilines is 1. The van der Waals surface area contributed by atoms with Gasteiger partial charge in [-0.05, 0) is 31.0 Å². The highest BCUT2D eigenvalue weighted by atomic mass is 35.5. The predicted octanol–water partition coefficient (Wildman–Crippen LogP) is 4.49. The molecular formula is C13H14Cl2N2. The van der Waals surface area contributed by atoms with Gasteiger partial charge in [0.25, 0.3) is 0 Å². The number of nitriles is 1. The fourth-order valence-electron chi connectivity index (χ4n) is 2.27. The van der Waals surface area contributed by atoms with Gasteiger partial charge in [0, 0.05) is 11.1 Å². The van der Waals surface area contributed by atoms with E-state index >= 15 is 0 Å². The van der Waals surface area contributed by atoms with Gasteiger partial charge in [0.1, 0.15) is 0 Å². The quantitative estimate of drug-likeness (QED) is 0.858. The molecule has 1 saturated carbocycles. The van der Waals surface area contributed by atoms with Crippen LogP contribution in [0.25, 0.3) is 0 Å². The van der Waals surface area contributed by atoms with Crippen LogP contribution in [0.1, 0.15) is 25.7 Å². The number of hydrogen-bond donors (Lipinski definition) is 1. The Kier molecular flexibility index (Phi) is 4.15. The van der Waals surface area contributed by atoms with E-state index in [0.29, 0.717) is 10.0 Å². The first-order valence-electron chi connectivity index (χ1n) is 5.82. The van der Waals surface area contributed by atoms with E-state index in [2.05, 4.69) is 11.4 Å². The summed E-state index contributed by atoms with van der Waals surface area (Å²) in [5.74, 6) is 0.0683. The van der Waals surface area contributed by atoms with Crippen LogP contribution in [0.5, 0.6) is 0 Å². The van der Waals surface area contributed by atoms with Gasteiger partial charge < -0.3 is 5.32 Å². The second-order valence-corrected chi connectivity index (χ2v) is 5.24. The fraction of sp³-hybridized carbons (Fsp3) is 0.462. The molecule has 90 valence electrons. The second-order valence-electron chi connectivity index (χ2n) is 4.40. The van der Waals surface area contributed by atoms with Crippen molar-refractivity contribution in [2.45, 2.75) is 31.7 Å². The summed E-state index contributed by atoms with van der Waals surface area (Å²) in [5.41, 5.74) is 0.825. The molecule has 0 spiro atoms. The van der Waals surface area contributed by atoms with Crippen LogP contribution in [0.3, 0.4) is 0 Å². The molecule has 0 heterocycles. The van der Waals surface area contributed by atoms with Crippen molar-refractivity contribution in [3.8, 4) is 6.07 Å². The summed E-state index contributed by atoms with van der Waals surface area (Å²) in [6.07, 6.45) is 4.28. The van der Waals surface area contributed by atoms with Gasteiger partial charge in [0.15, 0.2) is 0 Å². The van der Waals surface area contributed by atoms with Gasteiger partial charge in [-0.25, -0.2) is 0 Å². The molecule has 0 aliphatic heterocycles. The molecule has 1 aliphatic carbocycles. The summed E-state index contributed by atoms with van der Waals surface area (Å²) in [7, 11) is 0. The van der Waals surface area contributed by atoms with Crippen molar-refractivity contribution in [1.29, 1.82) is 5.26 Å². The van der Waals surface area contributed by atoms with E-state index in [4.69, 9.17) is 28.5 Å². The molecule has 0 amide bonds. The van der Waals surface area contributed by atoms with E-state index in [1.54, 1.807) is 12.1 Å². The Hall–Kier alpha value is -0.910. The first-order chi connectivity index (χ1) is 8.20. The van der Waals surface area contributed by atoms with Crippen molar-refractivity contribution in [2.24, 2.45) is 5.92 Å². The third kappa shape index (κ3) is 3.06. The number of benzene rings is 1. The van der Waals surface area contributed by atoms with E-state index in [1.165, 1.54) is 0 Å². The zero-order chi connectivity index (χ0) is 12.3. The van der Waals surface area contributed by atoms with E-state index in [1.807, 2.05) is 6.07 Å². The molecule has 2 nitrogen and oxygen atoms in total. The van der Waals surface area contributed by atoms with Crippen molar-refractivity contribution in [2.75, 3.05) is 5.32 Å². The molecule has 17 heavy (non-hydrogen) atoms. The molecule has 1 aliphatic rings. The third-order valence-electron chi connectivity index (χ3n) is 3.20. The maximum atomic E-state index is 9.11. The number of nitrogens with zero attached hydrogens (tertiary/aromatic N) is 1. The Labute approximate surface area is 112 Å². The minimum atomic E-state index is 0.0683. The van der Waals surface area contributed by atoms with Crippen LogP contribution < -0.4 is 5.32 Å². The maximum absolute atomic E-state index is 9.11. The zero-order valence-electron chi connectivity index (χ0n) is 9.42. The lowest BCUT2D eigenvalue weighted by atomic mass is 9.85. The minimum absolute atomic E-state index is 0.0683. The molecule has 0 aromatic heterocycles. The van der Waals surface area contributed by atoms with Crippen LogP contribution in [-0.4, -0.2) is 6.04 Å². The first kappa shape index (κ1) is 12.5. The number of nitrogens with one attached hydrogen (secondary N) is 1. The topological polar surface area (TPSA) is 35.8 Å². The molecule has 2 unspecified atom stereocenters. The third-order valence-corrected chi connectivity index (χ3v) is 3.77. The number of hydrogen-bond acceptors (Lipinski definition) is 2. The van der Waals surface area contributed by atoms with Gasteiger partial charge in [0.05, 0.1) is 22.7 Å². The summed E-state index contributed by atoms with van der Waals surface area (Å²) < 4.78 is 0. The Morgan fingerprint density at radius 2 is 2.00 bits per heavy atom. The normalized spacial score (nSPS) is 24.1. The van der Waals surface area contributed by atoms with E-state index in [-0.39, 0.29) is 12.0 Å². The lowest BCUT2D eigenvalue weighted by Crippen LogP contribution is -2.31. The van der Waals surface area contributed by atoms with Gasteiger partial charge in [-0.15, -0.1) is 0 Å². The Morgan fingerprint density at radius 1 is 1.24 bits per heavy atom. The molecule has 1 fully saturated rings. The van der Waals surface area contributed by atoms with Crippen LogP contribution in [0.2, 0.25) is 10.0 Å². The lowest BCUT2D eigenvalue weighted by Gasteiger charge is -2.28. The number of halogens is 2. The highest BCUT2D eigenvalue weighted by molar-refractivity contribution is 6.35. The molecule has 1 aromatic carbocycles. The molecule has 0 radical (unpaired) electrons. The molecule has 0 bridgehead atoms.